The topological polar surface area (TPSA) is 0 Å². The molecular formula is C22H23. The lowest BCUT2D eigenvalue weighted by Gasteiger charge is -2.24. The molecule has 0 aliphatic carbocycles. The van der Waals surface area contributed by atoms with Crippen LogP contribution in [0.25, 0.3) is 10.8 Å². The Bertz CT molecular complexity index is 722. The van der Waals surface area contributed by atoms with Gasteiger partial charge < -0.3 is 0 Å². The first-order valence-electron chi connectivity index (χ1n) is 8.17. The molecule has 0 heterocycles. The number of hydrogen-bond acceptors (Lipinski definition) is 0. The van der Waals surface area contributed by atoms with E-state index in [2.05, 4.69) is 86.6 Å². The summed E-state index contributed by atoms with van der Waals surface area (Å²) in [5, 5.41) is 2.70. The lowest BCUT2D eigenvalue weighted by Crippen LogP contribution is -2.13. The summed E-state index contributed by atoms with van der Waals surface area (Å²) in [5.41, 5.74) is 2.81. The molecule has 0 bridgehead atoms. The van der Waals surface area contributed by atoms with Crippen molar-refractivity contribution in [3.8, 4) is 0 Å². The van der Waals surface area contributed by atoms with E-state index in [9.17, 15) is 0 Å². The molecule has 0 aromatic heterocycles. The third-order valence-electron chi connectivity index (χ3n) is 4.58. The summed E-state index contributed by atoms with van der Waals surface area (Å²) in [4.78, 5) is 0. The van der Waals surface area contributed by atoms with Crippen molar-refractivity contribution in [2.75, 3.05) is 0 Å². The van der Waals surface area contributed by atoms with Gasteiger partial charge in [-0.1, -0.05) is 93.1 Å². The summed E-state index contributed by atoms with van der Waals surface area (Å²) in [7, 11) is 0. The van der Waals surface area contributed by atoms with E-state index in [1.54, 1.807) is 5.92 Å². The Balaban J connectivity index is 2.04. The average Bonchev–Trinajstić information content (AvgIpc) is 2.59. The molecule has 0 aliphatic rings. The molecule has 0 saturated heterocycles. The molecule has 0 heteroatoms. The average molecular weight is 287 g/mol. The Morgan fingerprint density at radius 2 is 1.50 bits per heavy atom. The van der Waals surface area contributed by atoms with Crippen LogP contribution in [0.1, 0.15) is 31.4 Å². The summed E-state index contributed by atoms with van der Waals surface area (Å²) >= 11 is 0. The van der Waals surface area contributed by atoms with Crippen molar-refractivity contribution in [1.82, 2.24) is 0 Å². The van der Waals surface area contributed by atoms with E-state index < -0.39 is 0 Å². The fourth-order valence-electron chi connectivity index (χ4n) is 3.10. The van der Waals surface area contributed by atoms with Crippen LogP contribution in [-0.2, 0) is 6.42 Å². The first-order valence-corrected chi connectivity index (χ1v) is 8.17. The number of hydrogen-bond donors (Lipinski definition) is 0. The third kappa shape index (κ3) is 3.06. The second-order valence-electron chi connectivity index (χ2n) is 6.02. The zero-order chi connectivity index (χ0) is 15.4. The van der Waals surface area contributed by atoms with Crippen LogP contribution in [0.4, 0.5) is 0 Å². The Morgan fingerprint density at radius 3 is 2.27 bits per heavy atom. The Labute approximate surface area is 133 Å². The monoisotopic (exact) mass is 287 g/mol. The van der Waals surface area contributed by atoms with Gasteiger partial charge in [0.15, 0.2) is 0 Å². The van der Waals surface area contributed by atoms with Crippen molar-refractivity contribution in [3.05, 3.63) is 89.8 Å². The lowest BCUT2D eigenvalue weighted by molar-refractivity contribution is 0.577. The van der Waals surface area contributed by atoms with Crippen LogP contribution >= 0.6 is 0 Å². The van der Waals surface area contributed by atoms with Crippen molar-refractivity contribution in [1.29, 1.82) is 0 Å². The molecule has 1 atom stereocenters. The molecule has 1 radical (unpaired) electrons. The van der Waals surface area contributed by atoms with Crippen LogP contribution in [0.3, 0.4) is 0 Å². The number of rotatable bonds is 5. The summed E-state index contributed by atoms with van der Waals surface area (Å²) in [6.45, 7) is 4.63. The van der Waals surface area contributed by atoms with E-state index in [0.29, 0.717) is 5.92 Å². The van der Waals surface area contributed by atoms with Crippen molar-refractivity contribution in [2.24, 2.45) is 5.92 Å². The molecular weight excluding hydrogens is 264 g/mol. The maximum Gasteiger partial charge on any atom is 0.0128 e. The van der Waals surface area contributed by atoms with Gasteiger partial charge in [0.05, 0.1) is 0 Å². The van der Waals surface area contributed by atoms with Gasteiger partial charge >= 0.3 is 0 Å². The molecule has 0 N–H and O–H groups in total. The van der Waals surface area contributed by atoms with Crippen molar-refractivity contribution in [3.63, 3.8) is 0 Å². The molecule has 0 nitrogen and oxygen atoms in total. The maximum atomic E-state index is 2.35. The molecule has 111 valence electrons. The maximum absolute atomic E-state index is 2.35. The molecule has 0 spiro atoms. The fraction of sp³-hybridized carbons (Fsp3) is 0.227. The van der Waals surface area contributed by atoms with E-state index in [1.807, 2.05) is 0 Å². The fourth-order valence-corrected chi connectivity index (χ4v) is 3.10. The Kier molecular flexibility index (Phi) is 4.58. The summed E-state index contributed by atoms with van der Waals surface area (Å²) in [6.07, 6.45) is 2.20. The van der Waals surface area contributed by atoms with Gasteiger partial charge in [0.2, 0.25) is 0 Å². The Morgan fingerprint density at radius 1 is 0.818 bits per heavy atom. The summed E-state index contributed by atoms with van der Waals surface area (Å²) < 4.78 is 0. The molecule has 0 fully saturated rings. The molecule has 3 aromatic carbocycles. The van der Waals surface area contributed by atoms with E-state index in [1.165, 1.54) is 28.3 Å². The molecule has 0 aliphatic heterocycles. The van der Waals surface area contributed by atoms with Crippen LogP contribution in [0.5, 0.6) is 0 Å². The van der Waals surface area contributed by atoms with Crippen LogP contribution < -0.4 is 0 Å². The minimum absolute atomic E-state index is 0.589. The smallest absolute Gasteiger partial charge is 0.0128 e. The highest BCUT2D eigenvalue weighted by Gasteiger charge is 2.21. The van der Waals surface area contributed by atoms with Gasteiger partial charge in [-0.25, -0.2) is 0 Å². The van der Waals surface area contributed by atoms with Gasteiger partial charge in [0.1, 0.15) is 0 Å². The summed E-state index contributed by atoms with van der Waals surface area (Å²) in [5.74, 6) is 2.14. The van der Waals surface area contributed by atoms with E-state index in [4.69, 9.17) is 0 Å². The first kappa shape index (κ1) is 14.8. The minimum Gasteiger partial charge on any atom is -0.0651 e. The van der Waals surface area contributed by atoms with Crippen molar-refractivity contribution < 1.29 is 0 Å². The highest BCUT2D eigenvalue weighted by atomic mass is 14.2. The summed E-state index contributed by atoms with van der Waals surface area (Å²) in [6, 6.07) is 26.2. The second kappa shape index (κ2) is 6.79. The van der Waals surface area contributed by atoms with Crippen LogP contribution in [0.15, 0.2) is 72.8 Å². The quantitative estimate of drug-likeness (QED) is 0.535. The zero-order valence-corrected chi connectivity index (χ0v) is 13.4. The molecule has 0 amide bonds. The number of fused-ring (bicyclic) bond motifs is 1. The lowest BCUT2D eigenvalue weighted by atomic mass is 9.79. The van der Waals surface area contributed by atoms with E-state index in [0.717, 1.165) is 6.42 Å². The van der Waals surface area contributed by atoms with Gasteiger partial charge in [0.25, 0.3) is 0 Å². The van der Waals surface area contributed by atoms with Crippen LogP contribution in [0, 0.1) is 11.8 Å². The normalized spacial score (nSPS) is 12.7. The predicted molar refractivity (Wildman–Crippen MR) is 95.9 cm³/mol. The highest BCUT2D eigenvalue weighted by molar-refractivity contribution is 5.87. The zero-order valence-electron chi connectivity index (χ0n) is 13.4. The molecule has 0 saturated carbocycles. The number of benzene rings is 3. The highest BCUT2D eigenvalue weighted by Crippen LogP contribution is 2.34. The largest absolute Gasteiger partial charge is 0.0651 e. The van der Waals surface area contributed by atoms with Crippen molar-refractivity contribution >= 4 is 10.8 Å². The van der Waals surface area contributed by atoms with Gasteiger partial charge in [0, 0.05) is 5.92 Å². The van der Waals surface area contributed by atoms with Crippen LogP contribution in [-0.4, -0.2) is 0 Å². The molecule has 3 aromatic rings. The standard InChI is InChI=1S/C22H23/c1-3-17(2)22(16-18-10-5-4-6-11-18)21-15-9-13-19-12-7-8-14-20(19)21/h4-15,17H,3,16H2,1-2H3. The minimum atomic E-state index is 0.589. The van der Waals surface area contributed by atoms with E-state index in [-0.39, 0.29) is 0 Å². The van der Waals surface area contributed by atoms with E-state index >= 15 is 0 Å². The van der Waals surface area contributed by atoms with Crippen LogP contribution in [0.2, 0.25) is 0 Å². The molecule has 22 heavy (non-hydrogen) atoms. The van der Waals surface area contributed by atoms with Crippen molar-refractivity contribution in [2.45, 2.75) is 26.7 Å². The second-order valence-corrected chi connectivity index (χ2v) is 6.02. The molecule has 3 rings (SSSR count). The van der Waals surface area contributed by atoms with Gasteiger partial charge in [-0.15, -0.1) is 0 Å². The third-order valence-corrected chi connectivity index (χ3v) is 4.58. The van der Waals surface area contributed by atoms with Gasteiger partial charge in [-0.05, 0) is 34.2 Å². The predicted octanol–water partition coefficient (Wildman–Crippen LogP) is 6.05. The first-order chi connectivity index (χ1) is 10.8. The van der Waals surface area contributed by atoms with Gasteiger partial charge in [-0.2, -0.15) is 0 Å². The van der Waals surface area contributed by atoms with Gasteiger partial charge in [-0.3, -0.25) is 0 Å². The molecule has 1 unspecified atom stereocenters. The SMILES string of the molecule is CCC(C)[C](Cc1ccccc1)c1cccc2ccccc12. The Hall–Kier alpha value is -2.08.